The van der Waals surface area contributed by atoms with Gasteiger partial charge in [-0.05, 0) is 20.8 Å². The smallest absolute Gasteiger partial charge is 0.333 e. The van der Waals surface area contributed by atoms with Crippen LogP contribution in [0.25, 0.3) is 0 Å². The van der Waals surface area contributed by atoms with Crippen LogP contribution < -0.4 is 0 Å². The summed E-state index contributed by atoms with van der Waals surface area (Å²) >= 11 is 0. The average Bonchev–Trinajstić information content (AvgIpc) is 2.40. The maximum absolute atomic E-state index is 10.4. The van der Waals surface area contributed by atoms with E-state index < -0.39 is 5.97 Å². The minimum atomic E-state index is -0.981. The summed E-state index contributed by atoms with van der Waals surface area (Å²) in [7, 11) is 0. The summed E-state index contributed by atoms with van der Waals surface area (Å²) in [5.41, 5.74) is 0.451. The zero-order valence-electron chi connectivity index (χ0n) is 12.2. The molecule has 0 spiro atoms. The van der Waals surface area contributed by atoms with Crippen LogP contribution in [-0.4, -0.2) is 36.2 Å². The Morgan fingerprint density at radius 1 is 1.05 bits per heavy atom. The molecule has 0 radical (unpaired) electrons. The van der Waals surface area contributed by atoms with Crippen LogP contribution in [0.4, 0.5) is 0 Å². The molecule has 114 valence electrons. The van der Waals surface area contributed by atoms with Crippen molar-refractivity contribution in [1.82, 2.24) is 0 Å². The third-order valence-corrected chi connectivity index (χ3v) is 1.25. The zero-order valence-corrected chi connectivity index (χ0v) is 12.2. The van der Waals surface area contributed by atoms with Crippen molar-refractivity contribution >= 4 is 17.9 Å². The molecule has 0 aliphatic rings. The standard InChI is InChI=1S/C6H10O2.C5H8O2.C3H4O2/c1-4-8-6(7)5(2)3;1-3-5(6)7-4-2;1-2-3(4)5/h2,4H2,1,3H3;3H,1,4H2,2H3;2H,1H2,(H,4,5). The van der Waals surface area contributed by atoms with Crippen molar-refractivity contribution in [3.8, 4) is 0 Å². The Kier molecular flexibility index (Phi) is 18.9. The number of carboxylic acids is 1. The number of esters is 2. The summed E-state index contributed by atoms with van der Waals surface area (Å²) in [6.07, 6.45) is 1.98. The molecule has 0 aliphatic carbocycles. The van der Waals surface area contributed by atoms with Gasteiger partial charge in [0.25, 0.3) is 0 Å². The third-order valence-electron chi connectivity index (χ3n) is 1.25. The van der Waals surface area contributed by atoms with E-state index in [1.807, 2.05) is 0 Å². The number of hydrogen-bond donors (Lipinski definition) is 1. The summed E-state index contributed by atoms with van der Waals surface area (Å²) in [6.45, 7) is 15.5. The Morgan fingerprint density at radius 2 is 1.45 bits per heavy atom. The van der Waals surface area contributed by atoms with Crippen LogP contribution in [0.5, 0.6) is 0 Å². The molecular weight excluding hydrogens is 264 g/mol. The van der Waals surface area contributed by atoms with E-state index in [4.69, 9.17) is 5.11 Å². The van der Waals surface area contributed by atoms with Gasteiger partial charge in [0.15, 0.2) is 0 Å². The van der Waals surface area contributed by atoms with Crippen molar-refractivity contribution in [2.24, 2.45) is 0 Å². The van der Waals surface area contributed by atoms with Gasteiger partial charge < -0.3 is 14.6 Å². The van der Waals surface area contributed by atoms with Crippen molar-refractivity contribution < 1.29 is 29.0 Å². The summed E-state index contributed by atoms with van der Waals surface area (Å²) < 4.78 is 9.00. The minimum Gasteiger partial charge on any atom is -0.478 e. The van der Waals surface area contributed by atoms with Crippen LogP contribution in [0.15, 0.2) is 37.5 Å². The summed E-state index contributed by atoms with van der Waals surface area (Å²) in [6, 6.07) is 0. The van der Waals surface area contributed by atoms with Gasteiger partial charge in [-0.3, -0.25) is 0 Å². The number of hydrogen-bond acceptors (Lipinski definition) is 5. The number of aliphatic carboxylic acids is 1. The van der Waals surface area contributed by atoms with Gasteiger partial charge in [-0.15, -0.1) is 0 Å². The molecule has 0 aliphatic heterocycles. The van der Waals surface area contributed by atoms with E-state index in [0.29, 0.717) is 18.8 Å². The average molecular weight is 286 g/mol. The normalized spacial score (nSPS) is 7.55. The summed E-state index contributed by atoms with van der Waals surface area (Å²) in [5, 5.41) is 7.60. The van der Waals surface area contributed by atoms with E-state index in [2.05, 4.69) is 29.2 Å². The fraction of sp³-hybridized carbons (Fsp3) is 0.357. The number of carbonyl (C=O) groups is 3. The molecule has 20 heavy (non-hydrogen) atoms. The summed E-state index contributed by atoms with van der Waals surface area (Å²) in [4.78, 5) is 29.7. The maximum atomic E-state index is 10.4. The van der Waals surface area contributed by atoms with Crippen LogP contribution in [0.3, 0.4) is 0 Å². The van der Waals surface area contributed by atoms with Crippen molar-refractivity contribution in [3.05, 3.63) is 37.5 Å². The van der Waals surface area contributed by atoms with Gasteiger partial charge in [-0.2, -0.15) is 0 Å². The second-order valence-electron chi connectivity index (χ2n) is 3.00. The van der Waals surface area contributed by atoms with Crippen LogP contribution in [0, 0.1) is 0 Å². The quantitative estimate of drug-likeness (QED) is 0.615. The predicted octanol–water partition coefficient (Wildman–Crippen LogP) is 2.12. The Morgan fingerprint density at radius 3 is 1.55 bits per heavy atom. The molecule has 0 saturated carbocycles. The molecule has 6 nitrogen and oxygen atoms in total. The van der Waals surface area contributed by atoms with Gasteiger partial charge >= 0.3 is 17.9 Å². The van der Waals surface area contributed by atoms with Crippen molar-refractivity contribution in [3.63, 3.8) is 0 Å². The lowest BCUT2D eigenvalue weighted by molar-refractivity contribution is -0.138. The van der Waals surface area contributed by atoms with Crippen molar-refractivity contribution in [1.29, 1.82) is 0 Å². The second kappa shape index (κ2) is 16.6. The molecule has 0 amide bonds. The van der Waals surface area contributed by atoms with Gasteiger partial charge in [0.2, 0.25) is 0 Å². The van der Waals surface area contributed by atoms with Crippen LogP contribution >= 0.6 is 0 Å². The first-order valence-corrected chi connectivity index (χ1v) is 5.73. The topological polar surface area (TPSA) is 89.9 Å². The predicted molar refractivity (Wildman–Crippen MR) is 76.1 cm³/mol. The van der Waals surface area contributed by atoms with E-state index in [1.165, 1.54) is 0 Å². The van der Waals surface area contributed by atoms with E-state index in [0.717, 1.165) is 12.2 Å². The highest BCUT2D eigenvalue weighted by Crippen LogP contribution is 1.89. The van der Waals surface area contributed by atoms with E-state index in [-0.39, 0.29) is 11.9 Å². The Labute approximate surface area is 119 Å². The fourth-order valence-electron chi connectivity index (χ4n) is 0.455. The third kappa shape index (κ3) is 24.7. The molecule has 0 atom stereocenters. The van der Waals surface area contributed by atoms with Gasteiger partial charge in [0.1, 0.15) is 0 Å². The van der Waals surface area contributed by atoms with E-state index in [9.17, 15) is 14.4 Å². The highest BCUT2D eigenvalue weighted by atomic mass is 16.5. The molecule has 0 aromatic rings. The lowest BCUT2D eigenvalue weighted by Gasteiger charge is -1.96. The molecule has 0 unspecified atom stereocenters. The lowest BCUT2D eigenvalue weighted by atomic mass is 10.4. The Bertz CT molecular complexity index is 344. The van der Waals surface area contributed by atoms with Crippen LogP contribution in [0.1, 0.15) is 20.8 Å². The molecule has 0 aromatic heterocycles. The molecular formula is C14H22O6. The first-order chi connectivity index (χ1) is 9.26. The first-order valence-electron chi connectivity index (χ1n) is 5.73. The van der Waals surface area contributed by atoms with Gasteiger partial charge in [0, 0.05) is 17.7 Å². The number of carboxylic acid groups (broad SMARTS) is 1. The van der Waals surface area contributed by atoms with Crippen molar-refractivity contribution in [2.45, 2.75) is 20.8 Å². The maximum Gasteiger partial charge on any atom is 0.333 e. The summed E-state index contributed by atoms with van der Waals surface area (Å²) in [5.74, 6) is -1.65. The molecule has 0 aromatic carbocycles. The zero-order chi connectivity index (χ0) is 16.6. The van der Waals surface area contributed by atoms with Gasteiger partial charge in [0.05, 0.1) is 13.2 Å². The fourth-order valence-corrected chi connectivity index (χ4v) is 0.455. The monoisotopic (exact) mass is 286 g/mol. The largest absolute Gasteiger partial charge is 0.478 e. The molecule has 0 heterocycles. The highest BCUT2D eigenvalue weighted by molar-refractivity contribution is 5.86. The van der Waals surface area contributed by atoms with Gasteiger partial charge in [-0.1, -0.05) is 19.7 Å². The molecule has 6 heteroatoms. The van der Waals surface area contributed by atoms with Crippen molar-refractivity contribution in [2.75, 3.05) is 13.2 Å². The SMILES string of the molecule is C=C(C)C(=O)OCC.C=CC(=O)O.C=CC(=O)OCC. The second-order valence-corrected chi connectivity index (χ2v) is 3.00. The van der Waals surface area contributed by atoms with Gasteiger partial charge in [-0.25, -0.2) is 14.4 Å². The molecule has 0 rings (SSSR count). The first kappa shape index (κ1) is 22.8. The van der Waals surface area contributed by atoms with Crippen LogP contribution in [-0.2, 0) is 23.9 Å². The van der Waals surface area contributed by atoms with E-state index in [1.54, 1.807) is 20.8 Å². The molecule has 1 N–H and O–H groups in total. The molecule has 0 saturated heterocycles. The Balaban J connectivity index is -0.000000223. The molecule has 0 bridgehead atoms. The van der Waals surface area contributed by atoms with E-state index >= 15 is 0 Å². The Hall–Kier alpha value is -2.37. The molecule has 0 fully saturated rings. The number of ether oxygens (including phenoxy) is 2. The minimum absolute atomic E-state index is 0.312. The highest BCUT2D eigenvalue weighted by Gasteiger charge is 1.98. The lowest BCUT2D eigenvalue weighted by Crippen LogP contribution is -2.03. The van der Waals surface area contributed by atoms with Crippen LogP contribution in [0.2, 0.25) is 0 Å². The number of carbonyl (C=O) groups excluding carboxylic acids is 2. The number of rotatable bonds is 5.